The molecule has 0 aromatic carbocycles. The first-order valence-corrected chi connectivity index (χ1v) is 7.15. The lowest BCUT2D eigenvalue weighted by Crippen LogP contribution is -2.42. The Labute approximate surface area is 119 Å². The van der Waals surface area contributed by atoms with E-state index in [0.29, 0.717) is 17.3 Å². The van der Waals surface area contributed by atoms with Crippen LogP contribution in [0.25, 0.3) is 0 Å². The van der Waals surface area contributed by atoms with Crippen molar-refractivity contribution in [3.05, 3.63) is 16.9 Å². The summed E-state index contributed by atoms with van der Waals surface area (Å²) in [5.74, 6) is -0.163. The number of aromatic nitrogens is 2. The predicted molar refractivity (Wildman–Crippen MR) is 77.6 cm³/mol. The lowest BCUT2D eigenvalue weighted by molar-refractivity contribution is 0.0919. The fourth-order valence-electron chi connectivity index (χ4n) is 2.03. The van der Waals surface area contributed by atoms with Gasteiger partial charge in [-0.25, -0.2) is 0 Å². The van der Waals surface area contributed by atoms with Crippen LogP contribution in [-0.4, -0.2) is 46.3 Å². The number of halogens is 1. The molecule has 1 amide bonds. The van der Waals surface area contributed by atoms with Gasteiger partial charge in [-0.15, -0.1) is 0 Å². The zero-order chi connectivity index (χ0) is 14.4. The van der Waals surface area contributed by atoms with E-state index in [9.17, 15) is 4.79 Å². The molecule has 1 rings (SSSR count). The molecule has 6 heteroatoms. The number of carbonyl (C=O) groups excluding carboxylic acids is 1. The number of nitrogens with zero attached hydrogens (tertiary/aromatic N) is 3. The smallest absolute Gasteiger partial charge is 0.271 e. The number of hydrogen-bond acceptors (Lipinski definition) is 3. The van der Waals surface area contributed by atoms with Gasteiger partial charge in [0.15, 0.2) is 0 Å². The summed E-state index contributed by atoms with van der Waals surface area (Å²) in [5, 5.41) is 7.44. The van der Waals surface area contributed by atoms with Gasteiger partial charge >= 0.3 is 0 Å². The molecule has 1 aromatic heterocycles. The highest BCUT2D eigenvalue weighted by Gasteiger charge is 2.19. The predicted octanol–water partition coefficient (Wildman–Crippen LogP) is 2.02. The van der Waals surface area contributed by atoms with Gasteiger partial charge in [0.05, 0.1) is 11.2 Å². The Morgan fingerprint density at radius 2 is 2.11 bits per heavy atom. The normalized spacial score (nSPS) is 12.7. The van der Waals surface area contributed by atoms with Gasteiger partial charge in [-0.1, -0.05) is 25.4 Å². The van der Waals surface area contributed by atoms with E-state index in [-0.39, 0.29) is 11.9 Å². The molecule has 1 unspecified atom stereocenters. The standard InChI is InChI=1S/C13H23ClN4O/c1-5-17(6-2)9-10(4)16-13(19)12-11(14)8-15-18(12)7-3/h8,10H,5-7,9H2,1-4H3,(H,16,19). The van der Waals surface area contributed by atoms with Crippen molar-refractivity contribution in [3.8, 4) is 0 Å². The molecular weight excluding hydrogens is 264 g/mol. The summed E-state index contributed by atoms with van der Waals surface area (Å²) in [6, 6.07) is 0.0728. The first-order chi connectivity index (χ1) is 9.03. The first kappa shape index (κ1) is 16.0. The fraction of sp³-hybridized carbons (Fsp3) is 0.692. The summed E-state index contributed by atoms with van der Waals surface area (Å²) in [6.45, 7) is 11.6. The van der Waals surface area contributed by atoms with Crippen molar-refractivity contribution in [3.63, 3.8) is 0 Å². The van der Waals surface area contributed by atoms with E-state index in [1.54, 1.807) is 4.68 Å². The van der Waals surface area contributed by atoms with Crippen LogP contribution < -0.4 is 5.32 Å². The van der Waals surface area contributed by atoms with Crippen LogP contribution >= 0.6 is 11.6 Å². The molecule has 1 heterocycles. The molecule has 0 aliphatic carbocycles. The van der Waals surface area contributed by atoms with E-state index in [0.717, 1.165) is 19.6 Å². The van der Waals surface area contributed by atoms with Gasteiger partial charge in [-0.2, -0.15) is 5.10 Å². The number of aryl methyl sites for hydroxylation is 1. The SMILES string of the molecule is CCN(CC)CC(C)NC(=O)c1c(Cl)cnn1CC. The Hall–Kier alpha value is -1.07. The first-order valence-electron chi connectivity index (χ1n) is 6.77. The van der Waals surface area contributed by atoms with Crippen LogP contribution in [-0.2, 0) is 6.54 Å². The van der Waals surface area contributed by atoms with Crippen LogP contribution in [0.5, 0.6) is 0 Å². The topological polar surface area (TPSA) is 50.2 Å². The van der Waals surface area contributed by atoms with Crippen molar-refractivity contribution in [1.82, 2.24) is 20.0 Å². The molecule has 0 aliphatic heterocycles. The maximum atomic E-state index is 12.2. The lowest BCUT2D eigenvalue weighted by atomic mass is 10.2. The molecule has 5 nitrogen and oxygen atoms in total. The molecule has 0 aliphatic rings. The summed E-state index contributed by atoms with van der Waals surface area (Å²) < 4.78 is 1.61. The molecule has 0 saturated heterocycles. The zero-order valence-corrected chi connectivity index (χ0v) is 12.9. The Kier molecular flexibility index (Phi) is 6.31. The summed E-state index contributed by atoms with van der Waals surface area (Å²) in [5.41, 5.74) is 0.440. The molecule has 0 bridgehead atoms. The largest absolute Gasteiger partial charge is 0.347 e. The van der Waals surface area contributed by atoms with E-state index < -0.39 is 0 Å². The molecular formula is C13H23ClN4O. The van der Waals surface area contributed by atoms with Crippen LogP contribution in [0.4, 0.5) is 0 Å². The number of rotatable bonds is 7. The van der Waals surface area contributed by atoms with Crippen LogP contribution in [0.3, 0.4) is 0 Å². The summed E-state index contributed by atoms with van der Waals surface area (Å²) >= 11 is 6.01. The number of nitrogens with one attached hydrogen (secondary N) is 1. The van der Waals surface area contributed by atoms with Gasteiger partial charge in [-0.05, 0) is 26.9 Å². The van der Waals surface area contributed by atoms with E-state index in [2.05, 4.69) is 29.2 Å². The third kappa shape index (κ3) is 4.21. The van der Waals surface area contributed by atoms with Crippen molar-refractivity contribution < 1.29 is 4.79 Å². The second kappa shape index (κ2) is 7.50. The van der Waals surface area contributed by atoms with Crippen LogP contribution in [0.2, 0.25) is 5.02 Å². The Bertz CT molecular complexity index is 415. The number of likely N-dealkylation sites (N-methyl/N-ethyl adjacent to an activating group) is 1. The summed E-state index contributed by atoms with van der Waals surface area (Å²) in [4.78, 5) is 14.5. The molecule has 0 spiro atoms. The third-order valence-electron chi connectivity index (χ3n) is 3.11. The van der Waals surface area contributed by atoms with Crippen LogP contribution in [0.1, 0.15) is 38.2 Å². The molecule has 0 saturated carbocycles. The van der Waals surface area contributed by atoms with Crippen LogP contribution in [0.15, 0.2) is 6.20 Å². The quantitative estimate of drug-likeness (QED) is 0.834. The highest BCUT2D eigenvalue weighted by Crippen LogP contribution is 2.15. The minimum Gasteiger partial charge on any atom is -0.347 e. The summed E-state index contributed by atoms with van der Waals surface area (Å²) in [6.07, 6.45) is 1.51. The third-order valence-corrected chi connectivity index (χ3v) is 3.39. The van der Waals surface area contributed by atoms with Gasteiger partial charge in [-0.3, -0.25) is 9.48 Å². The monoisotopic (exact) mass is 286 g/mol. The van der Waals surface area contributed by atoms with Gasteiger partial charge in [0, 0.05) is 19.1 Å². The maximum absolute atomic E-state index is 12.2. The average molecular weight is 287 g/mol. The highest BCUT2D eigenvalue weighted by atomic mass is 35.5. The summed E-state index contributed by atoms with van der Waals surface area (Å²) in [7, 11) is 0. The number of hydrogen-bond donors (Lipinski definition) is 1. The molecule has 1 atom stereocenters. The lowest BCUT2D eigenvalue weighted by Gasteiger charge is -2.23. The van der Waals surface area contributed by atoms with E-state index in [1.165, 1.54) is 6.20 Å². The molecule has 1 N–H and O–H groups in total. The highest BCUT2D eigenvalue weighted by molar-refractivity contribution is 6.33. The maximum Gasteiger partial charge on any atom is 0.271 e. The zero-order valence-electron chi connectivity index (χ0n) is 12.1. The Morgan fingerprint density at radius 1 is 1.47 bits per heavy atom. The van der Waals surface area contributed by atoms with Crippen molar-refractivity contribution in [2.75, 3.05) is 19.6 Å². The van der Waals surface area contributed by atoms with Crippen molar-refractivity contribution in [2.45, 2.75) is 40.3 Å². The minimum atomic E-state index is -0.163. The Balaban J connectivity index is 2.66. The van der Waals surface area contributed by atoms with E-state index >= 15 is 0 Å². The molecule has 108 valence electrons. The van der Waals surface area contributed by atoms with Gasteiger partial charge in [0.1, 0.15) is 5.69 Å². The molecule has 19 heavy (non-hydrogen) atoms. The average Bonchev–Trinajstić information content (AvgIpc) is 2.76. The van der Waals surface area contributed by atoms with Gasteiger partial charge in [0.25, 0.3) is 5.91 Å². The second-order valence-corrected chi connectivity index (χ2v) is 4.92. The van der Waals surface area contributed by atoms with Gasteiger partial charge < -0.3 is 10.2 Å². The van der Waals surface area contributed by atoms with Crippen LogP contribution in [0, 0.1) is 0 Å². The fourth-order valence-corrected chi connectivity index (χ4v) is 2.26. The minimum absolute atomic E-state index is 0.0728. The molecule has 1 aromatic rings. The van der Waals surface area contributed by atoms with Crippen molar-refractivity contribution >= 4 is 17.5 Å². The van der Waals surface area contributed by atoms with Crippen molar-refractivity contribution in [2.24, 2.45) is 0 Å². The molecule has 0 fully saturated rings. The second-order valence-electron chi connectivity index (χ2n) is 4.52. The van der Waals surface area contributed by atoms with Crippen molar-refractivity contribution in [1.29, 1.82) is 0 Å². The Morgan fingerprint density at radius 3 is 2.63 bits per heavy atom. The van der Waals surface area contributed by atoms with E-state index in [1.807, 2.05) is 13.8 Å². The van der Waals surface area contributed by atoms with Gasteiger partial charge in [0.2, 0.25) is 0 Å². The number of amides is 1. The molecule has 0 radical (unpaired) electrons. The van der Waals surface area contributed by atoms with E-state index in [4.69, 9.17) is 11.6 Å². The number of carbonyl (C=O) groups is 1.